The van der Waals surface area contributed by atoms with E-state index in [2.05, 4.69) is 0 Å². The molecule has 0 aliphatic carbocycles. The molecular weight excluding hydrogens is 132 g/mol. The third-order valence-corrected chi connectivity index (χ3v) is 1.35. The second-order valence-corrected chi connectivity index (χ2v) is 2.10. The van der Waals surface area contributed by atoms with Crippen LogP contribution in [0.5, 0.6) is 0 Å². The summed E-state index contributed by atoms with van der Waals surface area (Å²) in [5.41, 5.74) is 0. The average Bonchev–Trinajstić information content (AvgIpc) is 1.87. The SMILES string of the molecule is CC(CC#N)N(C)C(=O)O. The Morgan fingerprint density at radius 3 is 2.70 bits per heavy atom. The van der Waals surface area contributed by atoms with E-state index in [0.29, 0.717) is 0 Å². The maximum absolute atomic E-state index is 10.2. The first-order chi connectivity index (χ1) is 4.59. The van der Waals surface area contributed by atoms with Crippen molar-refractivity contribution in [3.05, 3.63) is 0 Å². The van der Waals surface area contributed by atoms with Crippen molar-refractivity contribution < 1.29 is 9.90 Å². The Labute approximate surface area is 59.7 Å². The van der Waals surface area contributed by atoms with Crippen molar-refractivity contribution in [3.63, 3.8) is 0 Å². The highest BCUT2D eigenvalue weighted by atomic mass is 16.4. The van der Waals surface area contributed by atoms with Gasteiger partial charge in [-0.3, -0.25) is 0 Å². The molecule has 1 N–H and O–H groups in total. The summed E-state index contributed by atoms with van der Waals surface area (Å²) in [7, 11) is 1.45. The lowest BCUT2D eigenvalue weighted by Crippen LogP contribution is -2.33. The van der Waals surface area contributed by atoms with Crippen LogP contribution in [0.3, 0.4) is 0 Å². The molecule has 0 saturated heterocycles. The molecule has 0 aliphatic rings. The van der Waals surface area contributed by atoms with Gasteiger partial charge in [0.05, 0.1) is 12.5 Å². The van der Waals surface area contributed by atoms with Crippen molar-refractivity contribution in [3.8, 4) is 6.07 Å². The quantitative estimate of drug-likeness (QED) is 0.622. The van der Waals surface area contributed by atoms with E-state index >= 15 is 0 Å². The Morgan fingerprint density at radius 1 is 1.90 bits per heavy atom. The highest BCUT2D eigenvalue weighted by Crippen LogP contribution is 1.98. The van der Waals surface area contributed by atoms with Crippen LogP contribution in [-0.4, -0.2) is 29.2 Å². The Kier molecular flexibility index (Phi) is 3.26. The molecule has 1 atom stereocenters. The zero-order valence-electron chi connectivity index (χ0n) is 6.03. The van der Waals surface area contributed by atoms with Crippen LogP contribution >= 0.6 is 0 Å². The Balaban J connectivity index is 3.84. The molecule has 0 heterocycles. The summed E-state index contributed by atoms with van der Waals surface area (Å²) >= 11 is 0. The third-order valence-electron chi connectivity index (χ3n) is 1.35. The maximum atomic E-state index is 10.2. The van der Waals surface area contributed by atoms with Gasteiger partial charge in [0.15, 0.2) is 0 Å². The topological polar surface area (TPSA) is 64.3 Å². The van der Waals surface area contributed by atoms with Crippen molar-refractivity contribution in [2.24, 2.45) is 0 Å². The van der Waals surface area contributed by atoms with Crippen molar-refractivity contribution in [1.29, 1.82) is 5.26 Å². The molecule has 0 rings (SSSR count). The first kappa shape index (κ1) is 8.76. The second kappa shape index (κ2) is 3.72. The fourth-order valence-electron chi connectivity index (χ4n) is 0.458. The molecule has 10 heavy (non-hydrogen) atoms. The summed E-state index contributed by atoms with van der Waals surface area (Å²) in [4.78, 5) is 11.3. The highest BCUT2D eigenvalue weighted by molar-refractivity contribution is 5.64. The van der Waals surface area contributed by atoms with Gasteiger partial charge in [0.25, 0.3) is 0 Å². The smallest absolute Gasteiger partial charge is 0.407 e. The van der Waals surface area contributed by atoms with E-state index in [1.807, 2.05) is 6.07 Å². The van der Waals surface area contributed by atoms with Gasteiger partial charge in [-0.1, -0.05) is 0 Å². The Hall–Kier alpha value is -1.24. The molecule has 1 unspecified atom stereocenters. The average molecular weight is 142 g/mol. The van der Waals surface area contributed by atoms with Crippen molar-refractivity contribution in [2.75, 3.05) is 7.05 Å². The molecule has 0 saturated carbocycles. The van der Waals surface area contributed by atoms with E-state index in [4.69, 9.17) is 10.4 Å². The molecule has 0 spiro atoms. The number of amides is 1. The zero-order chi connectivity index (χ0) is 8.15. The van der Waals surface area contributed by atoms with Crippen LogP contribution in [0.2, 0.25) is 0 Å². The van der Waals surface area contributed by atoms with Crippen LogP contribution in [0.4, 0.5) is 4.79 Å². The Morgan fingerprint density at radius 2 is 2.40 bits per heavy atom. The fourth-order valence-corrected chi connectivity index (χ4v) is 0.458. The first-order valence-corrected chi connectivity index (χ1v) is 2.92. The molecule has 1 amide bonds. The summed E-state index contributed by atoms with van der Waals surface area (Å²) in [6.45, 7) is 1.69. The minimum atomic E-state index is -0.997. The van der Waals surface area contributed by atoms with E-state index in [0.717, 1.165) is 4.90 Å². The summed E-state index contributed by atoms with van der Waals surface area (Å²) in [6, 6.07) is 1.68. The van der Waals surface area contributed by atoms with Crippen LogP contribution in [0.15, 0.2) is 0 Å². The normalized spacial score (nSPS) is 11.7. The molecule has 0 aromatic heterocycles. The van der Waals surface area contributed by atoms with Gasteiger partial charge in [0.1, 0.15) is 0 Å². The lowest BCUT2D eigenvalue weighted by atomic mass is 10.2. The van der Waals surface area contributed by atoms with Crippen LogP contribution in [0, 0.1) is 11.3 Å². The minimum Gasteiger partial charge on any atom is -0.465 e. The number of hydrogen-bond donors (Lipinski definition) is 1. The monoisotopic (exact) mass is 142 g/mol. The Bertz CT molecular complexity index is 162. The number of hydrogen-bond acceptors (Lipinski definition) is 2. The fraction of sp³-hybridized carbons (Fsp3) is 0.667. The standard InChI is InChI=1S/C6H10N2O2/c1-5(3-4-7)8(2)6(9)10/h5H,3H2,1-2H3,(H,9,10). The summed E-state index contributed by atoms with van der Waals surface area (Å²) in [5, 5.41) is 16.6. The molecule has 0 aromatic rings. The summed E-state index contributed by atoms with van der Waals surface area (Å²) in [6.07, 6.45) is -0.759. The lowest BCUT2D eigenvalue weighted by molar-refractivity contribution is 0.142. The van der Waals surface area contributed by atoms with Gasteiger partial charge >= 0.3 is 6.09 Å². The van der Waals surface area contributed by atoms with Crippen molar-refractivity contribution in [1.82, 2.24) is 4.90 Å². The summed E-state index contributed by atoms with van der Waals surface area (Å²) in [5.74, 6) is 0. The molecule has 4 heteroatoms. The second-order valence-electron chi connectivity index (χ2n) is 2.10. The molecule has 0 bridgehead atoms. The van der Waals surface area contributed by atoms with Crippen molar-refractivity contribution >= 4 is 6.09 Å². The van der Waals surface area contributed by atoms with Gasteiger partial charge in [-0.2, -0.15) is 5.26 Å². The molecule has 4 nitrogen and oxygen atoms in total. The predicted molar refractivity (Wildman–Crippen MR) is 35.5 cm³/mol. The number of nitrogens with zero attached hydrogens (tertiary/aromatic N) is 2. The van der Waals surface area contributed by atoms with Gasteiger partial charge in [0, 0.05) is 13.1 Å². The van der Waals surface area contributed by atoms with E-state index in [-0.39, 0.29) is 12.5 Å². The lowest BCUT2D eigenvalue weighted by Gasteiger charge is -2.18. The third kappa shape index (κ3) is 2.35. The predicted octanol–water partition coefficient (Wildman–Crippen LogP) is 0.898. The first-order valence-electron chi connectivity index (χ1n) is 2.92. The van der Waals surface area contributed by atoms with Crippen LogP contribution in [-0.2, 0) is 0 Å². The number of nitriles is 1. The summed E-state index contributed by atoms with van der Waals surface area (Å²) < 4.78 is 0. The molecule has 0 aliphatic heterocycles. The van der Waals surface area contributed by atoms with E-state index in [9.17, 15) is 4.79 Å². The largest absolute Gasteiger partial charge is 0.465 e. The maximum Gasteiger partial charge on any atom is 0.407 e. The van der Waals surface area contributed by atoms with E-state index < -0.39 is 6.09 Å². The van der Waals surface area contributed by atoms with Gasteiger partial charge in [-0.15, -0.1) is 0 Å². The van der Waals surface area contributed by atoms with Crippen molar-refractivity contribution in [2.45, 2.75) is 19.4 Å². The van der Waals surface area contributed by atoms with Gasteiger partial charge in [0.2, 0.25) is 0 Å². The van der Waals surface area contributed by atoms with Crippen LogP contribution < -0.4 is 0 Å². The molecular formula is C6H10N2O2. The minimum absolute atomic E-state index is 0.220. The molecule has 0 aromatic carbocycles. The number of rotatable bonds is 2. The van der Waals surface area contributed by atoms with Crippen LogP contribution in [0.25, 0.3) is 0 Å². The number of carbonyl (C=O) groups is 1. The molecule has 0 fully saturated rings. The van der Waals surface area contributed by atoms with Gasteiger partial charge in [-0.05, 0) is 6.92 Å². The molecule has 0 radical (unpaired) electrons. The zero-order valence-corrected chi connectivity index (χ0v) is 6.03. The number of carboxylic acid groups (broad SMARTS) is 1. The van der Waals surface area contributed by atoms with Gasteiger partial charge < -0.3 is 10.0 Å². The van der Waals surface area contributed by atoms with Gasteiger partial charge in [-0.25, -0.2) is 4.79 Å². The van der Waals surface area contributed by atoms with E-state index in [1.54, 1.807) is 6.92 Å². The van der Waals surface area contributed by atoms with Crippen LogP contribution in [0.1, 0.15) is 13.3 Å². The van der Waals surface area contributed by atoms with E-state index in [1.165, 1.54) is 7.05 Å². The molecule has 56 valence electrons. The highest BCUT2D eigenvalue weighted by Gasteiger charge is 2.12.